The van der Waals surface area contributed by atoms with Crippen LogP contribution in [-0.4, -0.2) is 9.97 Å². The maximum absolute atomic E-state index is 4.36. The molecule has 0 N–H and O–H groups in total. The normalized spacial score (nSPS) is 7.95. The molecule has 2 aromatic heterocycles. The highest BCUT2D eigenvalue weighted by Gasteiger charge is 1.98. The highest BCUT2D eigenvalue weighted by molar-refractivity contribution is 5.53. The lowest BCUT2D eigenvalue weighted by Gasteiger charge is -2.00. The minimum absolute atomic E-state index is 0.926. The lowest BCUT2D eigenvalue weighted by molar-refractivity contribution is 1.10. The zero-order valence-corrected chi connectivity index (χ0v) is 14.1. The van der Waals surface area contributed by atoms with Gasteiger partial charge in [-0.05, 0) is 30.2 Å². The summed E-state index contributed by atoms with van der Waals surface area (Å²) in [5.41, 5.74) is 3.11. The third kappa shape index (κ3) is 7.67. The van der Waals surface area contributed by atoms with Crippen LogP contribution >= 0.6 is 0 Å². The largest absolute Gasteiger partial charge is 0.255 e. The van der Waals surface area contributed by atoms with Crippen LogP contribution in [0.3, 0.4) is 0 Å². The molecule has 0 amide bonds. The first-order valence-electron chi connectivity index (χ1n) is 7.76. The first-order chi connectivity index (χ1) is 9.90. The molecular weight excluding hydrogens is 244 g/mol. The van der Waals surface area contributed by atoms with Crippen LogP contribution < -0.4 is 0 Å². The van der Waals surface area contributed by atoms with Gasteiger partial charge < -0.3 is 0 Å². The first-order valence-corrected chi connectivity index (χ1v) is 7.76. The monoisotopic (exact) mass is 274 g/mol. The van der Waals surface area contributed by atoms with Gasteiger partial charge in [-0.2, -0.15) is 0 Å². The van der Waals surface area contributed by atoms with Crippen LogP contribution in [0.25, 0.3) is 11.4 Å². The maximum Gasteiger partial charge on any atom is 0.0886 e. The molecule has 2 heterocycles. The van der Waals surface area contributed by atoms with Gasteiger partial charge in [-0.1, -0.05) is 60.6 Å². The maximum atomic E-state index is 4.36. The van der Waals surface area contributed by atoms with E-state index in [4.69, 9.17) is 0 Å². The fourth-order valence-corrected chi connectivity index (χ4v) is 1.30. The zero-order chi connectivity index (χ0) is 15.8. The van der Waals surface area contributed by atoms with E-state index < -0.39 is 0 Å². The first kappa shape index (κ1) is 20.6. The lowest BCUT2D eigenvalue weighted by Crippen LogP contribution is -1.88. The molecule has 0 aliphatic heterocycles. The lowest BCUT2D eigenvalue weighted by atomic mass is 10.2. The standard InChI is InChI=1S/C12H12N2.3C2H6/c1-2-10-6-7-12(14-9-10)11-5-3-4-8-13-11;3*1-2/h3-9H,2H2,1H3;3*1-2H3. The molecule has 0 saturated heterocycles. The van der Waals surface area contributed by atoms with Crippen LogP contribution in [0.15, 0.2) is 42.7 Å². The van der Waals surface area contributed by atoms with Crippen LogP contribution in [0.1, 0.15) is 54.0 Å². The van der Waals surface area contributed by atoms with Gasteiger partial charge in [0, 0.05) is 12.4 Å². The van der Waals surface area contributed by atoms with Crippen molar-refractivity contribution < 1.29 is 0 Å². The van der Waals surface area contributed by atoms with Gasteiger partial charge in [0.05, 0.1) is 11.4 Å². The molecule has 0 spiro atoms. The van der Waals surface area contributed by atoms with Gasteiger partial charge in [0.25, 0.3) is 0 Å². The summed E-state index contributed by atoms with van der Waals surface area (Å²) < 4.78 is 0. The predicted molar refractivity (Wildman–Crippen MR) is 90.9 cm³/mol. The van der Waals surface area contributed by atoms with Crippen molar-refractivity contribution in [1.82, 2.24) is 9.97 Å². The number of hydrogen-bond donors (Lipinski definition) is 0. The molecule has 0 aliphatic rings. The Morgan fingerprint density at radius 2 is 1.35 bits per heavy atom. The van der Waals surface area contributed by atoms with Crippen molar-refractivity contribution in [2.75, 3.05) is 0 Å². The number of pyridine rings is 2. The minimum atomic E-state index is 0.926. The van der Waals surface area contributed by atoms with E-state index in [0.717, 1.165) is 17.8 Å². The van der Waals surface area contributed by atoms with Crippen LogP contribution in [-0.2, 0) is 6.42 Å². The van der Waals surface area contributed by atoms with E-state index in [1.807, 2.05) is 72.0 Å². The Morgan fingerprint density at radius 1 is 0.750 bits per heavy atom. The van der Waals surface area contributed by atoms with Gasteiger partial charge in [0.1, 0.15) is 0 Å². The van der Waals surface area contributed by atoms with E-state index >= 15 is 0 Å². The Bertz CT molecular complexity index is 394. The molecule has 0 fully saturated rings. The summed E-state index contributed by atoms with van der Waals surface area (Å²) in [4.78, 5) is 8.60. The third-order valence-electron chi connectivity index (χ3n) is 2.16. The molecule has 0 aromatic carbocycles. The zero-order valence-electron chi connectivity index (χ0n) is 14.1. The smallest absolute Gasteiger partial charge is 0.0886 e. The highest BCUT2D eigenvalue weighted by Crippen LogP contribution is 2.13. The van der Waals surface area contributed by atoms with Crippen LogP contribution in [0, 0.1) is 0 Å². The van der Waals surface area contributed by atoms with Crippen molar-refractivity contribution in [3.63, 3.8) is 0 Å². The summed E-state index contributed by atoms with van der Waals surface area (Å²) in [5.74, 6) is 0. The number of nitrogens with zero attached hydrogens (tertiary/aromatic N) is 2. The minimum Gasteiger partial charge on any atom is -0.255 e. The van der Waals surface area contributed by atoms with Crippen molar-refractivity contribution in [2.24, 2.45) is 0 Å². The predicted octanol–water partition coefficient (Wildman–Crippen LogP) is 5.78. The summed E-state index contributed by atoms with van der Waals surface area (Å²) in [6.07, 6.45) is 4.71. The summed E-state index contributed by atoms with van der Waals surface area (Å²) in [7, 11) is 0. The van der Waals surface area contributed by atoms with Crippen molar-refractivity contribution in [3.8, 4) is 11.4 Å². The van der Waals surface area contributed by atoms with Crippen molar-refractivity contribution in [2.45, 2.75) is 54.9 Å². The fraction of sp³-hybridized carbons (Fsp3) is 0.444. The Labute approximate surface area is 125 Å². The topological polar surface area (TPSA) is 25.8 Å². The average Bonchev–Trinajstić information content (AvgIpc) is 2.61. The molecule has 112 valence electrons. The molecule has 0 radical (unpaired) electrons. The highest BCUT2D eigenvalue weighted by atomic mass is 14.8. The van der Waals surface area contributed by atoms with E-state index in [9.17, 15) is 0 Å². The Morgan fingerprint density at radius 3 is 1.75 bits per heavy atom. The van der Waals surface area contributed by atoms with Crippen molar-refractivity contribution in [1.29, 1.82) is 0 Å². The number of rotatable bonds is 2. The van der Waals surface area contributed by atoms with Crippen molar-refractivity contribution >= 4 is 0 Å². The molecular formula is C18H30N2. The van der Waals surface area contributed by atoms with Crippen molar-refractivity contribution in [3.05, 3.63) is 48.3 Å². The van der Waals surface area contributed by atoms with E-state index in [0.29, 0.717) is 0 Å². The molecule has 0 unspecified atom stereocenters. The van der Waals surface area contributed by atoms with Gasteiger partial charge in [-0.25, -0.2) is 0 Å². The molecule has 0 bridgehead atoms. The van der Waals surface area contributed by atoms with E-state index in [1.165, 1.54) is 5.56 Å². The van der Waals surface area contributed by atoms with Gasteiger partial charge in [0.2, 0.25) is 0 Å². The summed E-state index contributed by atoms with van der Waals surface area (Å²) in [6.45, 7) is 14.1. The molecule has 2 heteroatoms. The van der Waals surface area contributed by atoms with Gasteiger partial charge in [-0.15, -0.1) is 0 Å². The van der Waals surface area contributed by atoms with E-state index in [-0.39, 0.29) is 0 Å². The Balaban J connectivity index is 0. The van der Waals surface area contributed by atoms with Gasteiger partial charge >= 0.3 is 0 Å². The number of hydrogen-bond acceptors (Lipinski definition) is 2. The molecule has 0 aliphatic carbocycles. The van der Waals surface area contributed by atoms with E-state index in [2.05, 4.69) is 23.0 Å². The second-order valence-corrected chi connectivity index (χ2v) is 3.12. The summed E-state index contributed by atoms with van der Waals surface area (Å²) >= 11 is 0. The Kier molecular flexibility index (Phi) is 15.8. The van der Waals surface area contributed by atoms with Crippen LogP contribution in [0.2, 0.25) is 0 Å². The fourth-order valence-electron chi connectivity index (χ4n) is 1.30. The molecule has 0 saturated carbocycles. The van der Waals surface area contributed by atoms with Gasteiger partial charge in [-0.3, -0.25) is 9.97 Å². The SMILES string of the molecule is CC.CC.CC.CCc1ccc(-c2ccccn2)nc1. The Hall–Kier alpha value is -1.70. The summed E-state index contributed by atoms with van der Waals surface area (Å²) in [6, 6.07) is 9.95. The van der Waals surface area contributed by atoms with Crippen LogP contribution in [0.5, 0.6) is 0 Å². The third-order valence-corrected chi connectivity index (χ3v) is 2.16. The summed E-state index contributed by atoms with van der Waals surface area (Å²) in [5, 5.41) is 0. The molecule has 2 rings (SSSR count). The van der Waals surface area contributed by atoms with E-state index in [1.54, 1.807) is 6.20 Å². The quantitative estimate of drug-likeness (QED) is 0.693. The average molecular weight is 274 g/mol. The van der Waals surface area contributed by atoms with Crippen LogP contribution in [0.4, 0.5) is 0 Å². The second kappa shape index (κ2) is 15.4. The van der Waals surface area contributed by atoms with Gasteiger partial charge in [0.15, 0.2) is 0 Å². The molecule has 2 nitrogen and oxygen atoms in total. The number of aromatic nitrogens is 2. The molecule has 0 atom stereocenters. The molecule has 2 aromatic rings. The second-order valence-electron chi connectivity index (χ2n) is 3.12. The molecule has 20 heavy (non-hydrogen) atoms. The number of aryl methyl sites for hydroxylation is 1.